The number of rotatable bonds is 10. The van der Waals surface area contributed by atoms with Crippen molar-refractivity contribution in [3.8, 4) is 11.5 Å². The minimum atomic E-state index is -0.534. The third-order valence-electron chi connectivity index (χ3n) is 5.29. The Hall–Kier alpha value is -0.950. The fourth-order valence-electron chi connectivity index (χ4n) is 3.26. The molecule has 0 radical (unpaired) electrons. The van der Waals surface area contributed by atoms with Gasteiger partial charge < -0.3 is 19.5 Å². The molecule has 2 rings (SSSR count). The molecule has 0 spiro atoms. The van der Waals surface area contributed by atoms with Gasteiger partial charge in [-0.15, -0.1) is 0 Å². The molecule has 1 aromatic rings. The number of likely N-dealkylation sites (N-methyl/N-ethyl adjacent to an activating group) is 1. The van der Waals surface area contributed by atoms with Crippen LogP contribution in [-0.4, -0.2) is 79.0 Å². The molecule has 1 aromatic carbocycles. The van der Waals surface area contributed by atoms with Gasteiger partial charge in [0, 0.05) is 25.2 Å². The molecule has 0 aliphatic carbocycles. The van der Waals surface area contributed by atoms with Crippen molar-refractivity contribution in [2.24, 2.45) is 0 Å². The zero-order valence-corrected chi connectivity index (χ0v) is 18.3. The minimum absolute atomic E-state index is 0.257. The zero-order valence-electron chi connectivity index (χ0n) is 17.5. The van der Waals surface area contributed by atoms with Crippen LogP contribution in [0.1, 0.15) is 32.3 Å². The predicted molar refractivity (Wildman–Crippen MR) is 114 cm³/mol. The summed E-state index contributed by atoms with van der Waals surface area (Å²) in [5, 5.41) is 10.3. The van der Waals surface area contributed by atoms with E-state index in [1.54, 1.807) is 7.11 Å². The van der Waals surface area contributed by atoms with Crippen LogP contribution in [0.2, 0.25) is 0 Å². The summed E-state index contributed by atoms with van der Waals surface area (Å²) < 4.78 is 11.4. The van der Waals surface area contributed by atoms with Gasteiger partial charge in [-0.05, 0) is 70.0 Å². The maximum atomic E-state index is 10.3. The fraction of sp³-hybridized carbons (Fsp3) is 0.714. The summed E-state index contributed by atoms with van der Waals surface area (Å²) in [6, 6.07) is 7.16. The van der Waals surface area contributed by atoms with Gasteiger partial charge in [-0.1, -0.05) is 6.07 Å². The van der Waals surface area contributed by atoms with Gasteiger partial charge in [0.15, 0.2) is 11.5 Å². The molecular formula is C21H36N2O3S. The summed E-state index contributed by atoms with van der Waals surface area (Å²) in [5.41, 5.74) is 1.21. The highest BCUT2D eigenvalue weighted by molar-refractivity contribution is 7.99. The van der Waals surface area contributed by atoms with Crippen LogP contribution in [0, 0.1) is 0 Å². The summed E-state index contributed by atoms with van der Waals surface area (Å²) in [6.45, 7) is 5.96. The van der Waals surface area contributed by atoms with Gasteiger partial charge in [0.25, 0.3) is 0 Å². The van der Waals surface area contributed by atoms with Crippen molar-refractivity contribution >= 4 is 11.8 Å². The Kier molecular flexibility index (Phi) is 9.22. The second-order valence-corrected chi connectivity index (χ2v) is 8.97. The molecule has 1 atom stereocenters. The van der Waals surface area contributed by atoms with Crippen LogP contribution in [0.25, 0.3) is 0 Å². The second-order valence-electron chi connectivity index (χ2n) is 7.74. The van der Waals surface area contributed by atoms with E-state index < -0.39 is 6.10 Å². The molecule has 0 amide bonds. The number of hydrogen-bond acceptors (Lipinski definition) is 6. The third kappa shape index (κ3) is 7.18. The van der Waals surface area contributed by atoms with Crippen LogP contribution in [0.15, 0.2) is 18.2 Å². The van der Waals surface area contributed by atoms with E-state index in [1.165, 1.54) is 29.9 Å². The first-order valence-corrected chi connectivity index (χ1v) is 11.0. The summed E-state index contributed by atoms with van der Waals surface area (Å²) in [6.07, 6.45) is 1.99. The quantitative estimate of drug-likeness (QED) is 0.656. The lowest BCUT2D eigenvalue weighted by Crippen LogP contribution is -2.37. The lowest BCUT2D eigenvalue weighted by molar-refractivity contribution is 0.0668. The lowest BCUT2D eigenvalue weighted by Gasteiger charge is -2.31. The van der Waals surface area contributed by atoms with Crippen LogP contribution >= 0.6 is 11.8 Å². The first-order valence-electron chi connectivity index (χ1n) is 9.86. The number of ether oxygens (including phenoxy) is 2. The highest BCUT2D eigenvalue weighted by Gasteiger charge is 2.19. The van der Waals surface area contributed by atoms with Gasteiger partial charge in [-0.3, -0.25) is 4.90 Å². The van der Waals surface area contributed by atoms with Crippen molar-refractivity contribution in [2.75, 3.05) is 45.9 Å². The maximum Gasteiger partial charge on any atom is 0.161 e. The largest absolute Gasteiger partial charge is 0.493 e. The van der Waals surface area contributed by atoms with E-state index in [4.69, 9.17) is 9.47 Å². The van der Waals surface area contributed by atoms with Crippen molar-refractivity contribution in [1.82, 2.24) is 9.80 Å². The van der Waals surface area contributed by atoms with Gasteiger partial charge >= 0.3 is 0 Å². The molecule has 1 N–H and O–H groups in total. The second kappa shape index (κ2) is 11.1. The van der Waals surface area contributed by atoms with E-state index in [9.17, 15) is 5.11 Å². The molecule has 1 fully saturated rings. The van der Waals surface area contributed by atoms with Crippen molar-refractivity contribution in [2.45, 2.75) is 51.4 Å². The predicted octanol–water partition coefficient (Wildman–Crippen LogP) is 3.10. The first-order chi connectivity index (χ1) is 12.9. The average molecular weight is 397 g/mol. The van der Waals surface area contributed by atoms with E-state index in [1.807, 2.05) is 19.2 Å². The Morgan fingerprint density at radius 3 is 2.52 bits per heavy atom. The molecule has 6 heteroatoms. The zero-order chi connectivity index (χ0) is 19.8. The molecule has 0 aromatic heterocycles. The molecule has 1 aliphatic rings. The Bertz CT molecular complexity index is 564. The maximum absolute atomic E-state index is 10.3. The van der Waals surface area contributed by atoms with Gasteiger partial charge in [-0.25, -0.2) is 0 Å². The molecule has 154 valence electrons. The third-order valence-corrected chi connectivity index (χ3v) is 6.33. The van der Waals surface area contributed by atoms with E-state index >= 15 is 0 Å². The average Bonchev–Trinajstić information content (AvgIpc) is 2.67. The number of methoxy groups -OCH3 is 1. The standard InChI is InChI=1S/C21H36N2O3S/c1-16(2)22(3)14-19(24)15-26-21-12-17(6-7-20(21)25-5)13-23(4)18-8-10-27-11-9-18/h6-7,12,16,18-19,24H,8-11,13-15H2,1-5H3. The highest BCUT2D eigenvalue weighted by atomic mass is 32.2. The molecular weight excluding hydrogens is 360 g/mol. The summed E-state index contributed by atoms with van der Waals surface area (Å²) in [5.74, 6) is 3.93. The number of thioether (sulfide) groups is 1. The normalized spacial score (nSPS) is 16.9. The lowest BCUT2D eigenvalue weighted by atomic mass is 10.1. The Morgan fingerprint density at radius 2 is 1.89 bits per heavy atom. The number of aliphatic hydroxyl groups excluding tert-OH is 1. The van der Waals surface area contributed by atoms with Crippen LogP contribution in [-0.2, 0) is 6.54 Å². The van der Waals surface area contributed by atoms with Gasteiger partial charge in [0.1, 0.15) is 12.7 Å². The number of benzene rings is 1. The molecule has 5 nitrogen and oxygen atoms in total. The molecule has 27 heavy (non-hydrogen) atoms. The summed E-state index contributed by atoms with van der Waals surface area (Å²) >= 11 is 2.05. The van der Waals surface area contributed by atoms with E-state index in [0.717, 1.165) is 6.54 Å². The Morgan fingerprint density at radius 1 is 1.19 bits per heavy atom. The van der Waals surface area contributed by atoms with Crippen molar-refractivity contribution in [3.05, 3.63) is 23.8 Å². The van der Waals surface area contributed by atoms with Crippen LogP contribution < -0.4 is 9.47 Å². The van der Waals surface area contributed by atoms with E-state index in [0.29, 0.717) is 30.1 Å². The Balaban J connectivity index is 1.95. The van der Waals surface area contributed by atoms with E-state index in [-0.39, 0.29) is 6.61 Å². The topological polar surface area (TPSA) is 45.2 Å². The molecule has 1 aliphatic heterocycles. The van der Waals surface area contributed by atoms with Crippen LogP contribution in [0.4, 0.5) is 0 Å². The van der Waals surface area contributed by atoms with Crippen molar-refractivity contribution < 1.29 is 14.6 Å². The van der Waals surface area contributed by atoms with Gasteiger partial charge in [0.2, 0.25) is 0 Å². The Labute approximate surface area is 169 Å². The molecule has 1 unspecified atom stereocenters. The van der Waals surface area contributed by atoms with Gasteiger partial charge in [-0.2, -0.15) is 11.8 Å². The first kappa shape index (κ1) is 22.3. The summed E-state index contributed by atoms with van der Waals surface area (Å²) in [7, 11) is 5.86. The van der Waals surface area contributed by atoms with Crippen molar-refractivity contribution in [1.29, 1.82) is 0 Å². The molecule has 0 bridgehead atoms. The summed E-state index contributed by atoms with van der Waals surface area (Å²) in [4.78, 5) is 4.55. The molecule has 1 heterocycles. The van der Waals surface area contributed by atoms with E-state index in [2.05, 4.69) is 48.5 Å². The highest BCUT2D eigenvalue weighted by Crippen LogP contribution is 2.29. The monoisotopic (exact) mass is 396 g/mol. The minimum Gasteiger partial charge on any atom is -0.493 e. The SMILES string of the molecule is COc1ccc(CN(C)C2CCSCC2)cc1OCC(O)CN(C)C(C)C. The van der Waals surface area contributed by atoms with Crippen molar-refractivity contribution in [3.63, 3.8) is 0 Å². The number of aliphatic hydroxyl groups is 1. The fourth-order valence-corrected chi connectivity index (χ4v) is 4.34. The van der Waals surface area contributed by atoms with Crippen LogP contribution in [0.3, 0.4) is 0 Å². The smallest absolute Gasteiger partial charge is 0.161 e. The molecule has 1 saturated heterocycles. The molecule has 0 saturated carbocycles. The van der Waals surface area contributed by atoms with Crippen LogP contribution in [0.5, 0.6) is 11.5 Å². The number of nitrogens with zero attached hydrogens (tertiary/aromatic N) is 2. The number of hydrogen-bond donors (Lipinski definition) is 1. The van der Waals surface area contributed by atoms with Gasteiger partial charge in [0.05, 0.1) is 7.11 Å².